The summed E-state index contributed by atoms with van der Waals surface area (Å²) in [5, 5.41) is 22.8. The molecule has 0 saturated carbocycles. The Morgan fingerprint density at radius 3 is 2.64 bits per heavy atom. The predicted octanol–water partition coefficient (Wildman–Crippen LogP) is -0.317. The van der Waals surface area contributed by atoms with Gasteiger partial charge in [0, 0.05) is 12.5 Å². The summed E-state index contributed by atoms with van der Waals surface area (Å²) in [5.74, 6) is -0.364. The Labute approximate surface area is 127 Å². The minimum atomic E-state index is -1.30. The van der Waals surface area contributed by atoms with E-state index in [0.717, 1.165) is 5.56 Å². The van der Waals surface area contributed by atoms with Crippen molar-refractivity contribution in [2.24, 2.45) is 0 Å². The van der Waals surface area contributed by atoms with Gasteiger partial charge in [-0.1, -0.05) is 30.3 Å². The van der Waals surface area contributed by atoms with E-state index in [1.54, 1.807) is 0 Å². The van der Waals surface area contributed by atoms with Gasteiger partial charge < -0.3 is 29.7 Å². The van der Waals surface area contributed by atoms with Gasteiger partial charge in [0.25, 0.3) is 0 Å². The average molecular weight is 309 g/mol. The first-order chi connectivity index (χ1) is 10.6. The first-order valence-corrected chi connectivity index (χ1v) is 7.17. The maximum absolute atomic E-state index is 11.2. The maximum Gasteiger partial charge on any atom is 0.217 e. The molecule has 22 heavy (non-hydrogen) atoms. The fourth-order valence-electron chi connectivity index (χ4n) is 2.78. The molecular weight excluding hydrogens is 290 g/mol. The molecule has 7 heteroatoms. The molecule has 6 atom stereocenters. The van der Waals surface area contributed by atoms with E-state index in [-0.39, 0.29) is 12.5 Å². The van der Waals surface area contributed by atoms with E-state index in [1.165, 1.54) is 6.92 Å². The minimum absolute atomic E-state index is 0.186. The van der Waals surface area contributed by atoms with Crippen molar-refractivity contribution in [1.29, 1.82) is 0 Å². The Morgan fingerprint density at radius 2 is 1.95 bits per heavy atom. The third kappa shape index (κ3) is 2.99. The van der Waals surface area contributed by atoms with Gasteiger partial charge in [-0.05, 0) is 0 Å². The van der Waals surface area contributed by atoms with Crippen molar-refractivity contribution in [3.05, 3.63) is 35.9 Å². The van der Waals surface area contributed by atoms with Crippen LogP contribution in [0.3, 0.4) is 0 Å². The number of ether oxygens (including phenoxy) is 3. The van der Waals surface area contributed by atoms with E-state index < -0.39 is 36.9 Å². The van der Waals surface area contributed by atoms with Gasteiger partial charge in [0.05, 0.1) is 6.61 Å². The van der Waals surface area contributed by atoms with Crippen LogP contribution in [0.5, 0.6) is 0 Å². The highest BCUT2D eigenvalue weighted by atomic mass is 16.7. The highest BCUT2D eigenvalue weighted by Crippen LogP contribution is 2.33. The van der Waals surface area contributed by atoms with Crippen molar-refractivity contribution >= 4 is 5.91 Å². The zero-order valence-corrected chi connectivity index (χ0v) is 12.1. The molecule has 0 radical (unpaired) electrons. The van der Waals surface area contributed by atoms with E-state index >= 15 is 0 Å². The number of fused-ring (bicyclic) bond motifs is 1. The van der Waals surface area contributed by atoms with E-state index in [1.807, 2.05) is 30.3 Å². The fraction of sp³-hybridized carbons (Fsp3) is 0.533. The van der Waals surface area contributed by atoms with Crippen molar-refractivity contribution in [2.45, 2.75) is 43.9 Å². The first kappa shape index (κ1) is 15.4. The third-order valence-electron chi connectivity index (χ3n) is 3.83. The summed E-state index contributed by atoms with van der Waals surface area (Å²) >= 11 is 0. The fourth-order valence-corrected chi connectivity index (χ4v) is 2.78. The molecule has 2 heterocycles. The van der Waals surface area contributed by atoms with Gasteiger partial charge in [-0.15, -0.1) is 0 Å². The second kappa shape index (κ2) is 6.31. The number of carbonyl (C=O) groups is 1. The number of hydrogen-bond donors (Lipinski definition) is 3. The van der Waals surface area contributed by atoms with Crippen LogP contribution in [-0.4, -0.2) is 53.4 Å². The lowest BCUT2D eigenvalue weighted by atomic mass is 9.96. The second-order valence-corrected chi connectivity index (χ2v) is 5.46. The quantitative estimate of drug-likeness (QED) is 0.693. The molecule has 2 aliphatic heterocycles. The molecule has 0 aromatic heterocycles. The molecule has 2 saturated heterocycles. The summed E-state index contributed by atoms with van der Waals surface area (Å²) in [6.07, 6.45) is -4.29. The summed E-state index contributed by atoms with van der Waals surface area (Å²) in [5.41, 5.74) is 0.829. The van der Waals surface area contributed by atoms with Crippen LogP contribution in [0.2, 0.25) is 0 Å². The zero-order valence-electron chi connectivity index (χ0n) is 12.1. The predicted molar refractivity (Wildman–Crippen MR) is 74.5 cm³/mol. The molecule has 0 unspecified atom stereocenters. The molecular formula is C15H19NO6. The molecule has 3 N–H and O–H groups in total. The number of nitrogens with one attached hydrogen (secondary N) is 1. The van der Waals surface area contributed by atoms with E-state index in [9.17, 15) is 15.0 Å². The van der Waals surface area contributed by atoms with Crippen LogP contribution in [0, 0.1) is 0 Å². The smallest absolute Gasteiger partial charge is 0.217 e. The van der Waals surface area contributed by atoms with E-state index in [0.29, 0.717) is 0 Å². The largest absolute Gasteiger partial charge is 0.388 e. The maximum atomic E-state index is 11.2. The first-order valence-electron chi connectivity index (χ1n) is 7.17. The van der Waals surface area contributed by atoms with Crippen molar-refractivity contribution < 1.29 is 29.2 Å². The van der Waals surface area contributed by atoms with Gasteiger partial charge in [-0.25, -0.2) is 0 Å². The Kier molecular flexibility index (Phi) is 4.42. The molecule has 3 rings (SSSR count). The summed E-state index contributed by atoms with van der Waals surface area (Å²) in [4.78, 5) is 11.2. The van der Waals surface area contributed by atoms with E-state index in [2.05, 4.69) is 5.32 Å². The van der Waals surface area contributed by atoms with Gasteiger partial charge in [0.2, 0.25) is 5.91 Å². The van der Waals surface area contributed by atoms with Gasteiger partial charge in [-0.2, -0.15) is 0 Å². The van der Waals surface area contributed by atoms with Gasteiger partial charge in [-0.3, -0.25) is 4.79 Å². The number of benzene rings is 1. The van der Waals surface area contributed by atoms with Crippen LogP contribution >= 0.6 is 0 Å². The molecule has 1 aromatic rings. The lowest BCUT2D eigenvalue weighted by molar-refractivity contribution is -0.337. The summed E-state index contributed by atoms with van der Waals surface area (Å²) in [6.45, 7) is 1.49. The second-order valence-electron chi connectivity index (χ2n) is 5.46. The highest BCUT2D eigenvalue weighted by Gasteiger charge is 2.49. The lowest BCUT2D eigenvalue weighted by Gasteiger charge is -2.46. The van der Waals surface area contributed by atoms with Crippen LogP contribution in [0.15, 0.2) is 30.3 Å². The van der Waals surface area contributed by atoms with Crippen LogP contribution in [-0.2, 0) is 19.0 Å². The topological polar surface area (TPSA) is 97.3 Å². The minimum Gasteiger partial charge on any atom is -0.388 e. The Balaban J connectivity index is 1.75. The van der Waals surface area contributed by atoms with Crippen molar-refractivity contribution in [3.63, 3.8) is 0 Å². The SMILES string of the molecule is CC(=O)N[C@H]1[C@@H](O)[C@H]2O[C@@H](c3ccccc3)OC[C@@H]2O[C@H]1O. The van der Waals surface area contributed by atoms with Crippen molar-refractivity contribution in [1.82, 2.24) is 5.32 Å². The molecule has 0 bridgehead atoms. The van der Waals surface area contributed by atoms with E-state index in [4.69, 9.17) is 14.2 Å². The molecule has 7 nitrogen and oxygen atoms in total. The Hall–Kier alpha value is -1.51. The average Bonchev–Trinajstić information content (AvgIpc) is 2.52. The number of aliphatic hydroxyl groups excluding tert-OH is 2. The molecule has 0 aliphatic carbocycles. The standard InChI is InChI=1S/C15H19NO6/c1-8(17)16-11-12(18)13-10(21-14(11)19)7-20-15(22-13)9-5-3-2-4-6-9/h2-6,10-15,18-19H,7H2,1H3,(H,16,17)/t10-,11-,12+,13-,14+,15-/m0/s1. The number of aliphatic hydroxyl groups is 2. The van der Waals surface area contributed by atoms with Gasteiger partial charge >= 0.3 is 0 Å². The summed E-state index contributed by atoms with van der Waals surface area (Å²) in [6, 6.07) is 8.41. The number of carbonyl (C=O) groups excluding carboxylic acids is 1. The molecule has 2 aliphatic rings. The molecule has 2 fully saturated rings. The number of rotatable bonds is 2. The number of hydrogen-bond acceptors (Lipinski definition) is 6. The normalized spacial score (nSPS) is 38.1. The van der Waals surface area contributed by atoms with Crippen LogP contribution in [0.25, 0.3) is 0 Å². The monoisotopic (exact) mass is 309 g/mol. The molecule has 120 valence electrons. The summed E-state index contributed by atoms with van der Waals surface area (Å²) < 4.78 is 16.8. The van der Waals surface area contributed by atoms with Crippen LogP contribution < -0.4 is 5.32 Å². The van der Waals surface area contributed by atoms with Crippen LogP contribution in [0.4, 0.5) is 0 Å². The summed E-state index contributed by atoms with van der Waals surface area (Å²) in [7, 11) is 0. The highest BCUT2D eigenvalue weighted by molar-refractivity contribution is 5.73. The van der Waals surface area contributed by atoms with Crippen molar-refractivity contribution in [2.75, 3.05) is 6.61 Å². The Morgan fingerprint density at radius 1 is 1.23 bits per heavy atom. The van der Waals surface area contributed by atoms with Gasteiger partial charge in [0.1, 0.15) is 24.4 Å². The van der Waals surface area contributed by atoms with Crippen molar-refractivity contribution in [3.8, 4) is 0 Å². The lowest BCUT2D eigenvalue weighted by Crippen LogP contribution is -2.66. The Bertz CT molecular complexity index is 524. The number of amides is 1. The van der Waals surface area contributed by atoms with Crippen LogP contribution in [0.1, 0.15) is 18.8 Å². The van der Waals surface area contributed by atoms with Gasteiger partial charge in [0.15, 0.2) is 12.6 Å². The molecule has 0 spiro atoms. The molecule has 1 aromatic carbocycles. The zero-order chi connectivity index (χ0) is 15.7. The third-order valence-corrected chi connectivity index (χ3v) is 3.83. The molecule has 1 amide bonds.